The second kappa shape index (κ2) is 16.7. The molecule has 266 valence electrons. The largest absolute Gasteiger partial charge is 0.507 e. The lowest BCUT2D eigenvalue weighted by Gasteiger charge is -2.20. The maximum absolute atomic E-state index is 13.5. The van der Waals surface area contributed by atoms with Crippen LogP contribution in [0.2, 0.25) is 0 Å². The van der Waals surface area contributed by atoms with Gasteiger partial charge in [0.05, 0.1) is 13.0 Å². The fraction of sp³-hybridized carbons (Fsp3) is 0.243. The fourth-order valence-electron chi connectivity index (χ4n) is 5.66. The molecular weight excluding hydrogens is 678 g/mol. The van der Waals surface area contributed by atoms with Crippen molar-refractivity contribution in [2.45, 2.75) is 43.6 Å². The first-order chi connectivity index (χ1) is 24.5. The minimum absolute atomic E-state index is 0.0146. The molecule has 14 heteroatoms. The van der Waals surface area contributed by atoms with Crippen LogP contribution in [0, 0.1) is 0 Å². The van der Waals surface area contributed by atoms with Crippen molar-refractivity contribution in [2.75, 3.05) is 13.2 Å². The Morgan fingerprint density at radius 3 is 2.31 bits per heavy atom. The molecule has 4 aromatic carbocycles. The van der Waals surface area contributed by atoms with Crippen LogP contribution in [0.25, 0.3) is 11.1 Å². The number of nitrogens with one attached hydrogen (secondary N) is 3. The molecule has 1 unspecified atom stereocenters. The third kappa shape index (κ3) is 9.63. The van der Waals surface area contributed by atoms with E-state index in [4.69, 9.17) is 9.47 Å². The zero-order valence-corrected chi connectivity index (χ0v) is 28.2. The number of sulfonamides is 1. The molecule has 0 radical (unpaired) electrons. The number of carbonyl (C=O) groups excluding carboxylic acids is 3. The van der Waals surface area contributed by atoms with Gasteiger partial charge in [0.1, 0.15) is 35.0 Å². The molecule has 1 aliphatic heterocycles. The Morgan fingerprint density at radius 2 is 1.63 bits per heavy atom. The second-order valence-corrected chi connectivity index (χ2v) is 13.7. The molecule has 5 N–H and O–H groups in total. The van der Waals surface area contributed by atoms with E-state index in [0.29, 0.717) is 35.1 Å². The van der Waals surface area contributed by atoms with E-state index in [1.807, 2.05) is 36.4 Å². The van der Waals surface area contributed by atoms with Gasteiger partial charge in [0.15, 0.2) is 0 Å². The van der Waals surface area contributed by atoms with E-state index in [-0.39, 0.29) is 43.9 Å². The van der Waals surface area contributed by atoms with Gasteiger partial charge in [-0.3, -0.25) is 14.3 Å². The van der Waals surface area contributed by atoms with Crippen molar-refractivity contribution in [3.63, 3.8) is 0 Å². The lowest BCUT2D eigenvalue weighted by atomic mass is 9.92. The number of hydrogen-bond acceptors (Lipinski definition) is 9. The molecule has 0 aromatic heterocycles. The number of aromatic hydroxyl groups is 1. The number of alkyl carbamates (subject to hydrolysis) is 1. The van der Waals surface area contributed by atoms with Gasteiger partial charge in [-0.15, -0.1) is 0 Å². The minimum Gasteiger partial charge on any atom is -0.507 e. The van der Waals surface area contributed by atoms with Gasteiger partial charge in [-0.25, -0.2) is 18.0 Å². The highest BCUT2D eigenvalue weighted by molar-refractivity contribution is 7.90. The fourth-order valence-corrected chi connectivity index (χ4v) is 7.11. The molecule has 2 atom stereocenters. The summed E-state index contributed by atoms with van der Waals surface area (Å²) in [4.78, 5) is 49.9. The molecule has 4 aromatic rings. The number of hydrogen-bond donors (Lipinski definition) is 5. The number of amides is 3. The lowest BCUT2D eigenvalue weighted by Crippen LogP contribution is -2.48. The van der Waals surface area contributed by atoms with Crippen LogP contribution in [-0.2, 0) is 37.4 Å². The molecule has 1 saturated heterocycles. The van der Waals surface area contributed by atoms with E-state index in [9.17, 15) is 37.8 Å². The summed E-state index contributed by atoms with van der Waals surface area (Å²) in [6.45, 7) is 0.318. The minimum atomic E-state index is -3.94. The van der Waals surface area contributed by atoms with Crippen molar-refractivity contribution in [2.24, 2.45) is 0 Å². The molecule has 51 heavy (non-hydrogen) atoms. The third-order valence-corrected chi connectivity index (χ3v) is 9.84. The Bertz CT molecular complexity index is 1990. The first-order valence-electron chi connectivity index (χ1n) is 16.2. The number of carboxylic acid groups (broad SMARTS) is 1. The zero-order valence-electron chi connectivity index (χ0n) is 27.4. The topological polar surface area (TPSA) is 197 Å². The summed E-state index contributed by atoms with van der Waals surface area (Å²) in [5.41, 5.74) is 2.75. The van der Waals surface area contributed by atoms with Gasteiger partial charge in [0.2, 0.25) is 21.8 Å². The number of aromatic carboxylic acids is 1. The SMILES string of the molecule is O=C1CC(c2ccc(C[C@H](NC(=O)OCc3ccccc3)C(=O)NCCCCOc3cccc(O)c3C(=O)O)cc2-c2ccccc2)S(=O)(=O)N1. The molecule has 1 heterocycles. The Labute approximate surface area is 294 Å². The van der Waals surface area contributed by atoms with Crippen LogP contribution >= 0.6 is 0 Å². The summed E-state index contributed by atoms with van der Waals surface area (Å²) >= 11 is 0. The lowest BCUT2D eigenvalue weighted by molar-refractivity contribution is -0.123. The monoisotopic (exact) mass is 715 g/mol. The Kier molecular flexibility index (Phi) is 11.9. The van der Waals surface area contributed by atoms with Crippen LogP contribution in [-0.4, -0.2) is 61.7 Å². The van der Waals surface area contributed by atoms with E-state index < -0.39 is 50.9 Å². The standard InChI is InChI=1S/C37H37N3O10S/c41-30-14-9-15-31(34(30)36(44)45)49-19-8-7-18-38-35(43)29(39-37(46)50-23-24-10-3-1-4-11-24)21-25-16-17-27(32-22-33(42)40-51(32,47)48)28(20-25)26-12-5-2-6-13-26/h1-6,9-17,20,29,32,41H,7-8,18-19,21-23H2,(H,38,43)(H,39,46)(H,40,42)(H,44,45)/t29-,32?/m0/s1. The Hall–Kier alpha value is -5.89. The van der Waals surface area contributed by atoms with Gasteiger partial charge in [-0.1, -0.05) is 84.9 Å². The molecule has 0 saturated carbocycles. The smallest absolute Gasteiger partial charge is 0.408 e. The van der Waals surface area contributed by atoms with Crippen molar-refractivity contribution in [1.82, 2.24) is 15.4 Å². The van der Waals surface area contributed by atoms with Gasteiger partial charge < -0.3 is 30.3 Å². The molecule has 0 spiro atoms. The van der Waals surface area contributed by atoms with Crippen molar-refractivity contribution in [1.29, 1.82) is 0 Å². The molecule has 0 aliphatic carbocycles. The summed E-state index contributed by atoms with van der Waals surface area (Å²) in [5, 5.41) is 23.6. The average molecular weight is 716 g/mol. The highest BCUT2D eigenvalue weighted by Crippen LogP contribution is 2.37. The van der Waals surface area contributed by atoms with Crippen LogP contribution in [0.4, 0.5) is 4.79 Å². The second-order valence-electron chi connectivity index (χ2n) is 11.8. The van der Waals surface area contributed by atoms with E-state index in [0.717, 1.165) is 5.56 Å². The number of carboxylic acids is 1. The summed E-state index contributed by atoms with van der Waals surface area (Å²) in [5.74, 6) is -2.79. The van der Waals surface area contributed by atoms with E-state index >= 15 is 0 Å². The number of benzene rings is 4. The van der Waals surface area contributed by atoms with Crippen molar-refractivity contribution >= 4 is 33.9 Å². The summed E-state index contributed by atoms with van der Waals surface area (Å²) in [6, 6.07) is 26.2. The number of carbonyl (C=O) groups is 4. The van der Waals surface area contributed by atoms with Gasteiger partial charge in [-0.2, -0.15) is 0 Å². The molecule has 13 nitrogen and oxygen atoms in total. The predicted octanol–water partition coefficient (Wildman–Crippen LogP) is 4.46. The molecular formula is C37H37N3O10S. The average Bonchev–Trinajstić information content (AvgIpc) is 3.40. The number of ether oxygens (including phenoxy) is 2. The Balaban J connectivity index is 1.29. The molecule has 1 aliphatic rings. The maximum atomic E-state index is 13.5. The first-order valence-corrected chi connectivity index (χ1v) is 17.7. The predicted molar refractivity (Wildman–Crippen MR) is 186 cm³/mol. The Morgan fingerprint density at radius 1 is 0.902 bits per heavy atom. The zero-order chi connectivity index (χ0) is 36.4. The highest BCUT2D eigenvalue weighted by Gasteiger charge is 2.39. The van der Waals surface area contributed by atoms with E-state index in [1.165, 1.54) is 18.2 Å². The van der Waals surface area contributed by atoms with Gasteiger partial charge >= 0.3 is 12.1 Å². The summed E-state index contributed by atoms with van der Waals surface area (Å²) in [7, 11) is -3.94. The van der Waals surface area contributed by atoms with Crippen LogP contribution in [0.15, 0.2) is 97.1 Å². The van der Waals surface area contributed by atoms with Gasteiger partial charge in [0, 0.05) is 13.0 Å². The molecule has 5 rings (SSSR count). The normalized spacial score (nSPS) is 15.3. The van der Waals surface area contributed by atoms with E-state index in [1.54, 1.807) is 42.5 Å². The van der Waals surface area contributed by atoms with Crippen LogP contribution < -0.4 is 20.1 Å². The molecule has 0 bridgehead atoms. The van der Waals surface area contributed by atoms with Crippen LogP contribution in [0.1, 0.15) is 51.6 Å². The third-order valence-electron chi connectivity index (χ3n) is 8.16. The first kappa shape index (κ1) is 36.4. The van der Waals surface area contributed by atoms with Crippen LogP contribution in [0.3, 0.4) is 0 Å². The van der Waals surface area contributed by atoms with Crippen molar-refractivity contribution < 1.29 is 47.3 Å². The van der Waals surface area contributed by atoms with Gasteiger partial charge in [0.25, 0.3) is 0 Å². The maximum Gasteiger partial charge on any atom is 0.408 e. The molecule has 3 amide bonds. The van der Waals surface area contributed by atoms with Gasteiger partial charge in [-0.05, 0) is 52.8 Å². The number of rotatable bonds is 15. The van der Waals surface area contributed by atoms with Crippen molar-refractivity contribution in [3.05, 3.63) is 119 Å². The number of phenols is 1. The quantitative estimate of drug-likeness (QED) is 0.110. The summed E-state index contributed by atoms with van der Waals surface area (Å²) in [6.07, 6.45) is -0.113. The van der Waals surface area contributed by atoms with Crippen LogP contribution in [0.5, 0.6) is 11.5 Å². The summed E-state index contributed by atoms with van der Waals surface area (Å²) < 4.78 is 38.6. The number of unbranched alkanes of at least 4 members (excludes halogenated alkanes) is 1. The molecule has 1 fully saturated rings. The highest BCUT2D eigenvalue weighted by atomic mass is 32.2. The van der Waals surface area contributed by atoms with E-state index in [2.05, 4.69) is 15.4 Å². The van der Waals surface area contributed by atoms with Crippen molar-refractivity contribution in [3.8, 4) is 22.6 Å².